The van der Waals surface area contributed by atoms with E-state index in [1.807, 2.05) is 0 Å². The van der Waals surface area contributed by atoms with E-state index < -0.39 is 0 Å². The molecule has 0 aliphatic carbocycles. The van der Waals surface area contributed by atoms with Gasteiger partial charge in [0.1, 0.15) is 11.6 Å². The highest BCUT2D eigenvalue weighted by Crippen LogP contribution is 2.11. The van der Waals surface area contributed by atoms with Crippen molar-refractivity contribution in [2.75, 3.05) is 26.2 Å². The Balaban J connectivity index is 1.50. The summed E-state index contributed by atoms with van der Waals surface area (Å²) in [6.45, 7) is 2.84. The second kappa shape index (κ2) is 7.09. The molecule has 2 rings (SSSR count). The fourth-order valence-corrected chi connectivity index (χ4v) is 1.78. The van der Waals surface area contributed by atoms with Crippen molar-refractivity contribution in [1.29, 1.82) is 0 Å². The maximum Gasteiger partial charge on any atom is 0.225 e. The molecule has 2 N–H and O–H groups in total. The van der Waals surface area contributed by atoms with Gasteiger partial charge in [-0.1, -0.05) is 0 Å². The third-order valence-electron chi connectivity index (χ3n) is 3.10. The van der Waals surface area contributed by atoms with Crippen molar-refractivity contribution in [2.24, 2.45) is 5.92 Å². The molecule has 0 radical (unpaired) electrons. The SMILES string of the molecule is O=C(NCCCCOc1ccc(F)cc1)C1CNC1. The summed E-state index contributed by atoms with van der Waals surface area (Å²) >= 11 is 0. The smallest absolute Gasteiger partial charge is 0.225 e. The fraction of sp³-hybridized carbons (Fsp3) is 0.500. The third-order valence-corrected chi connectivity index (χ3v) is 3.10. The average Bonchev–Trinajstić information content (AvgIpc) is 2.33. The van der Waals surface area contributed by atoms with Gasteiger partial charge in [0.2, 0.25) is 5.91 Å². The number of carbonyl (C=O) groups is 1. The number of halogens is 1. The molecular formula is C14H19FN2O2. The molecule has 1 fully saturated rings. The zero-order valence-electron chi connectivity index (χ0n) is 10.8. The molecule has 0 aromatic heterocycles. The number of hydrogen-bond acceptors (Lipinski definition) is 3. The molecule has 0 bridgehead atoms. The van der Waals surface area contributed by atoms with Crippen molar-refractivity contribution in [3.63, 3.8) is 0 Å². The monoisotopic (exact) mass is 266 g/mol. The molecule has 0 saturated carbocycles. The van der Waals surface area contributed by atoms with E-state index >= 15 is 0 Å². The molecule has 1 aromatic carbocycles. The van der Waals surface area contributed by atoms with Crippen LogP contribution >= 0.6 is 0 Å². The van der Waals surface area contributed by atoms with Crippen molar-refractivity contribution >= 4 is 5.91 Å². The van der Waals surface area contributed by atoms with Gasteiger partial charge in [-0.25, -0.2) is 4.39 Å². The number of carbonyl (C=O) groups excluding carboxylic acids is 1. The number of nitrogens with one attached hydrogen (secondary N) is 2. The maximum absolute atomic E-state index is 12.7. The van der Waals surface area contributed by atoms with Crippen molar-refractivity contribution in [2.45, 2.75) is 12.8 Å². The number of ether oxygens (including phenoxy) is 1. The zero-order valence-corrected chi connectivity index (χ0v) is 10.8. The molecule has 1 aromatic rings. The Bertz CT molecular complexity index is 404. The molecule has 0 atom stereocenters. The second-order valence-corrected chi connectivity index (χ2v) is 4.66. The molecule has 0 unspecified atom stereocenters. The van der Waals surface area contributed by atoms with Gasteiger partial charge in [-0.2, -0.15) is 0 Å². The van der Waals surface area contributed by atoms with Gasteiger partial charge in [0.05, 0.1) is 12.5 Å². The Kier molecular flexibility index (Phi) is 5.15. The Morgan fingerprint density at radius 2 is 2.05 bits per heavy atom. The van der Waals surface area contributed by atoms with E-state index in [-0.39, 0.29) is 17.6 Å². The van der Waals surface area contributed by atoms with Gasteiger partial charge >= 0.3 is 0 Å². The summed E-state index contributed by atoms with van der Waals surface area (Å²) in [5.74, 6) is 0.695. The summed E-state index contributed by atoms with van der Waals surface area (Å²) in [6, 6.07) is 5.98. The Morgan fingerprint density at radius 1 is 1.32 bits per heavy atom. The van der Waals surface area contributed by atoms with E-state index in [1.165, 1.54) is 12.1 Å². The summed E-state index contributed by atoms with van der Waals surface area (Å²) in [6.07, 6.45) is 1.74. The lowest BCUT2D eigenvalue weighted by molar-refractivity contribution is -0.126. The van der Waals surface area contributed by atoms with Crippen LogP contribution < -0.4 is 15.4 Å². The molecule has 1 saturated heterocycles. The van der Waals surface area contributed by atoms with Crippen LogP contribution in [0.2, 0.25) is 0 Å². The van der Waals surface area contributed by atoms with Gasteiger partial charge in [-0.05, 0) is 37.1 Å². The second-order valence-electron chi connectivity index (χ2n) is 4.66. The van der Waals surface area contributed by atoms with Crippen LogP contribution in [0.25, 0.3) is 0 Å². The number of rotatable bonds is 7. The molecular weight excluding hydrogens is 247 g/mol. The molecule has 1 amide bonds. The van der Waals surface area contributed by atoms with Crippen LogP contribution in [0, 0.1) is 11.7 Å². The highest BCUT2D eigenvalue weighted by atomic mass is 19.1. The van der Waals surface area contributed by atoms with Gasteiger partial charge in [-0.3, -0.25) is 4.79 Å². The summed E-state index contributed by atoms with van der Waals surface area (Å²) in [7, 11) is 0. The minimum atomic E-state index is -0.263. The number of benzene rings is 1. The number of unbranched alkanes of at least 4 members (excludes halogenated alkanes) is 1. The summed E-state index contributed by atoms with van der Waals surface area (Å²) in [5, 5.41) is 5.97. The van der Waals surface area contributed by atoms with Crippen LogP contribution in [-0.4, -0.2) is 32.1 Å². The molecule has 19 heavy (non-hydrogen) atoms. The van der Waals surface area contributed by atoms with Crippen LogP contribution in [-0.2, 0) is 4.79 Å². The zero-order chi connectivity index (χ0) is 13.5. The lowest BCUT2D eigenvalue weighted by Gasteiger charge is -2.25. The highest BCUT2D eigenvalue weighted by Gasteiger charge is 2.23. The normalized spacial score (nSPS) is 14.8. The van der Waals surface area contributed by atoms with Crippen molar-refractivity contribution in [3.8, 4) is 5.75 Å². The van der Waals surface area contributed by atoms with Crippen LogP contribution in [0.5, 0.6) is 5.75 Å². The molecule has 4 nitrogen and oxygen atoms in total. The average molecular weight is 266 g/mol. The van der Waals surface area contributed by atoms with Crippen LogP contribution in [0.15, 0.2) is 24.3 Å². The van der Waals surface area contributed by atoms with Crippen LogP contribution in [0.1, 0.15) is 12.8 Å². The fourth-order valence-electron chi connectivity index (χ4n) is 1.78. The Morgan fingerprint density at radius 3 is 2.68 bits per heavy atom. The van der Waals surface area contributed by atoms with Gasteiger partial charge in [-0.15, -0.1) is 0 Å². The lowest BCUT2D eigenvalue weighted by Crippen LogP contribution is -2.50. The number of amides is 1. The third kappa shape index (κ3) is 4.52. The lowest BCUT2D eigenvalue weighted by atomic mass is 10.0. The van der Waals surface area contributed by atoms with Gasteiger partial charge in [0.15, 0.2) is 0 Å². The minimum absolute atomic E-state index is 0.137. The molecule has 0 spiro atoms. The molecule has 5 heteroatoms. The van der Waals surface area contributed by atoms with Crippen molar-refractivity contribution < 1.29 is 13.9 Å². The standard InChI is InChI=1S/C14H19FN2O2/c15-12-3-5-13(6-4-12)19-8-2-1-7-17-14(18)11-9-16-10-11/h3-6,11,16H,1-2,7-10H2,(H,17,18). The van der Waals surface area contributed by atoms with Crippen molar-refractivity contribution in [1.82, 2.24) is 10.6 Å². The minimum Gasteiger partial charge on any atom is -0.494 e. The van der Waals surface area contributed by atoms with E-state index in [0.29, 0.717) is 18.9 Å². The maximum atomic E-state index is 12.7. The first-order valence-electron chi connectivity index (χ1n) is 6.62. The Hall–Kier alpha value is -1.62. The van der Waals surface area contributed by atoms with Crippen molar-refractivity contribution in [3.05, 3.63) is 30.1 Å². The molecule has 1 heterocycles. The van der Waals surface area contributed by atoms with E-state index in [9.17, 15) is 9.18 Å². The summed E-state index contributed by atoms with van der Waals surface area (Å²) < 4.78 is 18.1. The van der Waals surface area contributed by atoms with E-state index in [1.54, 1.807) is 12.1 Å². The predicted octanol–water partition coefficient (Wildman–Crippen LogP) is 1.32. The van der Waals surface area contributed by atoms with Gasteiger partial charge in [0.25, 0.3) is 0 Å². The van der Waals surface area contributed by atoms with Crippen LogP contribution in [0.3, 0.4) is 0 Å². The largest absolute Gasteiger partial charge is 0.494 e. The molecule has 104 valence electrons. The first-order chi connectivity index (χ1) is 9.25. The predicted molar refractivity (Wildman–Crippen MR) is 70.5 cm³/mol. The van der Waals surface area contributed by atoms with Crippen LogP contribution in [0.4, 0.5) is 4.39 Å². The Labute approximate surface area is 112 Å². The molecule has 1 aliphatic heterocycles. The highest BCUT2D eigenvalue weighted by molar-refractivity contribution is 5.79. The number of hydrogen-bond donors (Lipinski definition) is 2. The summed E-state index contributed by atoms with van der Waals surface area (Å²) in [5.41, 5.74) is 0. The first-order valence-corrected chi connectivity index (χ1v) is 6.62. The topological polar surface area (TPSA) is 50.4 Å². The van der Waals surface area contributed by atoms with E-state index in [0.717, 1.165) is 25.9 Å². The van der Waals surface area contributed by atoms with Gasteiger partial charge in [0, 0.05) is 19.6 Å². The first kappa shape index (κ1) is 13.8. The van der Waals surface area contributed by atoms with E-state index in [2.05, 4.69) is 10.6 Å². The molecule has 1 aliphatic rings. The quantitative estimate of drug-likeness (QED) is 0.732. The van der Waals surface area contributed by atoms with E-state index in [4.69, 9.17) is 4.74 Å². The van der Waals surface area contributed by atoms with Gasteiger partial charge < -0.3 is 15.4 Å². The summed E-state index contributed by atoms with van der Waals surface area (Å²) in [4.78, 5) is 11.5.